The summed E-state index contributed by atoms with van der Waals surface area (Å²) in [6.07, 6.45) is 1.94. The minimum Gasteiger partial charge on any atom is -0.239 e. The van der Waals surface area contributed by atoms with E-state index in [4.69, 9.17) is 10.1 Å². The van der Waals surface area contributed by atoms with E-state index in [0.717, 1.165) is 22.8 Å². The van der Waals surface area contributed by atoms with Gasteiger partial charge in [0, 0.05) is 11.9 Å². The molecule has 0 aliphatic carbocycles. The fourth-order valence-electron chi connectivity index (χ4n) is 3.05. The summed E-state index contributed by atoms with van der Waals surface area (Å²) >= 11 is 1.70. The molecule has 0 unspecified atom stereocenters. The second-order valence-electron chi connectivity index (χ2n) is 6.45. The Labute approximate surface area is 157 Å². The normalized spacial score (nSPS) is 11.7. The number of hydrogen-bond donors (Lipinski definition) is 0. The van der Waals surface area contributed by atoms with Gasteiger partial charge in [0.25, 0.3) is 0 Å². The molecule has 0 saturated heterocycles. The van der Waals surface area contributed by atoms with E-state index in [2.05, 4.69) is 75.4 Å². The zero-order valence-electron chi connectivity index (χ0n) is 15.2. The highest BCUT2D eigenvalue weighted by Crippen LogP contribution is 2.34. The molecule has 0 N–H and O–H groups in total. The molecule has 0 aliphatic rings. The summed E-state index contributed by atoms with van der Waals surface area (Å²) < 4.78 is 1.22. The second-order valence-corrected chi connectivity index (χ2v) is 7.43. The molecule has 1 heterocycles. The lowest BCUT2D eigenvalue weighted by atomic mass is 10.1. The first-order valence-electron chi connectivity index (χ1n) is 8.83. The van der Waals surface area contributed by atoms with Crippen LogP contribution in [0.3, 0.4) is 0 Å². The van der Waals surface area contributed by atoms with Crippen LogP contribution in [0.1, 0.15) is 23.6 Å². The van der Waals surface area contributed by atoms with Crippen LogP contribution in [0.4, 0.5) is 5.13 Å². The number of rotatable bonds is 4. The molecule has 3 aromatic carbocycles. The van der Waals surface area contributed by atoms with Crippen LogP contribution in [0.25, 0.3) is 21.0 Å². The second kappa shape index (κ2) is 6.89. The Bertz CT molecular complexity index is 1110. The van der Waals surface area contributed by atoms with Crippen molar-refractivity contribution in [3.8, 4) is 0 Å². The molecule has 0 spiro atoms. The molecular formula is C22H21N3S. The van der Waals surface area contributed by atoms with E-state index in [1.54, 1.807) is 11.3 Å². The molecule has 3 nitrogen and oxygen atoms in total. The Balaban J connectivity index is 1.73. The van der Waals surface area contributed by atoms with Crippen molar-refractivity contribution < 1.29 is 0 Å². The van der Waals surface area contributed by atoms with Crippen molar-refractivity contribution in [2.45, 2.75) is 20.8 Å². The van der Waals surface area contributed by atoms with Gasteiger partial charge in [0.1, 0.15) is 0 Å². The van der Waals surface area contributed by atoms with Crippen LogP contribution in [-0.2, 0) is 0 Å². The summed E-state index contributed by atoms with van der Waals surface area (Å²) in [6.45, 7) is 7.09. The number of fused-ring (bicyclic) bond motifs is 3. The van der Waals surface area contributed by atoms with Gasteiger partial charge in [-0.15, -0.1) is 0 Å². The first-order chi connectivity index (χ1) is 12.7. The highest BCUT2D eigenvalue weighted by Gasteiger charge is 2.12. The van der Waals surface area contributed by atoms with Gasteiger partial charge in [-0.1, -0.05) is 65.4 Å². The molecule has 0 amide bonds. The Hall–Kier alpha value is -2.72. The molecule has 0 radical (unpaired) electrons. The van der Waals surface area contributed by atoms with E-state index in [1.165, 1.54) is 26.6 Å². The third-order valence-corrected chi connectivity index (χ3v) is 5.68. The average molecular weight is 359 g/mol. The standard InChI is InChI=1S/C22H21N3S/c1-4-25(23-14-18-13-15(2)9-10-16(18)3)22-24-20-12-11-17-7-5-6-8-19(17)21(20)26-22/h5-14H,4H2,1-3H3/b23-14+. The third-order valence-electron chi connectivity index (χ3n) is 4.56. The number of aromatic nitrogens is 1. The summed E-state index contributed by atoms with van der Waals surface area (Å²) in [6, 6.07) is 19.1. The van der Waals surface area contributed by atoms with E-state index in [-0.39, 0.29) is 0 Å². The molecule has 0 bridgehead atoms. The summed E-state index contributed by atoms with van der Waals surface area (Å²) in [5.41, 5.74) is 4.65. The molecule has 4 aromatic rings. The van der Waals surface area contributed by atoms with Crippen molar-refractivity contribution in [3.63, 3.8) is 0 Å². The predicted molar refractivity (Wildman–Crippen MR) is 114 cm³/mol. The van der Waals surface area contributed by atoms with Crippen LogP contribution in [0.2, 0.25) is 0 Å². The van der Waals surface area contributed by atoms with Gasteiger partial charge in [0.15, 0.2) is 0 Å². The highest BCUT2D eigenvalue weighted by molar-refractivity contribution is 7.23. The lowest BCUT2D eigenvalue weighted by Crippen LogP contribution is -2.15. The first kappa shape index (κ1) is 16.7. The topological polar surface area (TPSA) is 28.5 Å². The van der Waals surface area contributed by atoms with Crippen molar-refractivity contribution in [2.75, 3.05) is 11.6 Å². The fourth-order valence-corrected chi connectivity index (χ4v) is 4.17. The van der Waals surface area contributed by atoms with E-state index in [9.17, 15) is 0 Å². The van der Waals surface area contributed by atoms with Gasteiger partial charge < -0.3 is 0 Å². The maximum Gasteiger partial charge on any atom is 0.207 e. The number of hydrazone groups is 1. The molecule has 0 saturated carbocycles. The van der Waals surface area contributed by atoms with Crippen LogP contribution in [-0.4, -0.2) is 17.7 Å². The monoisotopic (exact) mass is 359 g/mol. The number of nitrogens with zero attached hydrogens (tertiary/aromatic N) is 3. The molecule has 26 heavy (non-hydrogen) atoms. The highest BCUT2D eigenvalue weighted by atomic mass is 32.1. The van der Waals surface area contributed by atoms with Gasteiger partial charge in [-0.25, -0.2) is 9.99 Å². The van der Waals surface area contributed by atoms with Gasteiger partial charge in [-0.2, -0.15) is 5.10 Å². The number of aryl methyl sites for hydroxylation is 2. The summed E-state index contributed by atoms with van der Waals surface area (Å²) in [5.74, 6) is 0. The van der Waals surface area contributed by atoms with Gasteiger partial charge >= 0.3 is 0 Å². The summed E-state index contributed by atoms with van der Waals surface area (Å²) in [7, 11) is 0. The van der Waals surface area contributed by atoms with Gasteiger partial charge in [0.05, 0.1) is 16.4 Å². The molecular weight excluding hydrogens is 338 g/mol. The third kappa shape index (κ3) is 3.08. The van der Waals surface area contributed by atoms with Crippen molar-refractivity contribution in [1.29, 1.82) is 0 Å². The van der Waals surface area contributed by atoms with Crippen LogP contribution < -0.4 is 5.01 Å². The molecule has 130 valence electrons. The number of hydrogen-bond acceptors (Lipinski definition) is 4. The predicted octanol–water partition coefficient (Wildman–Crippen LogP) is 5.93. The van der Waals surface area contributed by atoms with Crippen molar-refractivity contribution in [2.24, 2.45) is 5.10 Å². The van der Waals surface area contributed by atoms with E-state index in [1.807, 2.05) is 11.2 Å². The van der Waals surface area contributed by atoms with E-state index < -0.39 is 0 Å². The van der Waals surface area contributed by atoms with Gasteiger partial charge in [0.2, 0.25) is 5.13 Å². The van der Waals surface area contributed by atoms with Crippen molar-refractivity contribution in [3.05, 3.63) is 71.3 Å². The molecule has 0 atom stereocenters. The minimum atomic E-state index is 0.777. The summed E-state index contributed by atoms with van der Waals surface area (Å²) in [4.78, 5) is 4.82. The fraction of sp³-hybridized carbons (Fsp3) is 0.182. The molecule has 0 aliphatic heterocycles. The number of benzene rings is 3. The maximum atomic E-state index is 4.82. The maximum absolute atomic E-state index is 4.82. The van der Waals surface area contributed by atoms with Crippen LogP contribution in [0, 0.1) is 13.8 Å². The zero-order valence-corrected chi connectivity index (χ0v) is 16.0. The Kier molecular flexibility index (Phi) is 4.43. The van der Waals surface area contributed by atoms with E-state index >= 15 is 0 Å². The van der Waals surface area contributed by atoms with Crippen molar-refractivity contribution >= 4 is 43.7 Å². The lowest BCUT2D eigenvalue weighted by molar-refractivity contribution is 0.892. The first-order valence-corrected chi connectivity index (χ1v) is 9.64. The molecule has 4 rings (SSSR count). The van der Waals surface area contributed by atoms with Crippen molar-refractivity contribution in [1.82, 2.24) is 4.98 Å². The number of thiazole rings is 1. The smallest absolute Gasteiger partial charge is 0.207 e. The van der Waals surface area contributed by atoms with Crippen LogP contribution in [0.5, 0.6) is 0 Å². The zero-order chi connectivity index (χ0) is 18.1. The van der Waals surface area contributed by atoms with E-state index in [0.29, 0.717) is 0 Å². The quantitative estimate of drug-likeness (QED) is 0.334. The van der Waals surface area contributed by atoms with Gasteiger partial charge in [-0.05, 0) is 43.4 Å². The number of anilines is 1. The Morgan fingerprint density at radius 2 is 1.92 bits per heavy atom. The van der Waals surface area contributed by atoms with Gasteiger partial charge in [-0.3, -0.25) is 0 Å². The molecule has 4 heteroatoms. The Morgan fingerprint density at radius 1 is 1.08 bits per heavy atom. The minimum absolute atomic E-state index is 0.777. The van der Waals surface area contributed by atoms with Crippen LogP contribution in [0.15, 0.2) is 59.7 Å². The molecule has 0 fully saturated rings. The SMILES string of the molecule is CCN(/N=C/c1cc(C)ccc1C)c1nc2ccc3ccccc3c2s1. The van der Waals surface area contributed by atoms with Crippen LogP contribution >= 0.6 is 11.3 Å². The summed E-state index contributed by atoms with van der Waals surface area (Å²) in [5, 5.41) is 10.1. The Morgan fingerprint density at radius 3 is 2.77 bits per heavy atom. The molecule has 1 aromatic heterocycles. The lowest BCUT2D eigenvalue weighted by Gasteiger charge is -2.12. The average Bonchev–Trinajstić information content (AvgIpc) is 3.09. The largest absolute Gasteiger partial charge is 0.239 e.